The highest BCUT2D eigenvalue weighted by molar-refractivity contribution is 5.56. The van der Waals surface area contributed by atoms with Gasteiger partial charge < -0.3 is 15.5 Å². The van der Waals surface area contributed by atoms with E-state index in [1.807, 2.05) is 0 Å². The average molecular weight is 142 g/mol. The molecule has 0 atom stereocenters. The summed E-state index contributed by atoms with van der Waals surface area (Å²) in [5.41, 5.74) is 0.528. The number of hydrogen-bond donors (Lipinski definition) is 3. The maximum atomic E-state index is 9.16. The minimum Gasteiger partial charge on any atom is -0.494 e. The van der Waals surface area contributed by atoms with Crippen molar-refractivity contribution in [2.75, 3.05) is 12.4 Å². The standard InChI is InChI=1S/C6H10N2O2/c1-7-4-3-5(9)8(2)6(4)10/h3,7,9-10H,1-2H3. The molecule has 1 heterocycles. The fraction of sp³-hybridized carbons (Fsp3) is 0.333. The fourth-order valence-corrected chi connectivity index (χ4v) is 0.764. The van der Waals surface area contributed by atoms with E-state index in [0.717, 1.165) is 0 Å². The van der Waals surface area contributed by atoms with Crippen LogP contribution < -0.4 is 5.32 Å². The second-order valence-corrected chi connectivity index (χ2v) is 2.05. The van der Waals surface area contributed by atoms with E-state index in [1.165, 1.54) is 10.6 Å². The van der Waals surface area contributed by atoms with Gasteiger partial charge in [-0.25, -0.2) is 0 Å². The van der Waals surface area contributed by atoms with Crippen molar-refractivity contribution < 1.29 is 10.2 Å². The van der Waals surface area contributed by atoms with E-state index in [-0.39, 0.29) is 11.8 Å². The van der Waals surface area contributed by atoms with Crippen LogP contribution in [-0.2, 0) is 7.05 Å². The summed E-state index contributed by atoms with van der Waals surface area (Å²) < 4.78 is 1.28. The van der Waals surface area contributed by atoms with Crippen molar-refractivity contribution in [2.24, 2.45) is 7.05 Å². The van der Waals surface area contributed by atoms with Crippen molar-refractivity contribution in [1.29, 1.82) is 0 Å². The van der Waals surface area contributed by atoms with E-state index in [1.54, 1.807) is 14.1 Å². The minimum atomic E-state index is 0.0417. The van der Waals surface area contributed by atoms with Gasteiger partial charge in [0.05, 0.1) is 0 Å². The smallest absolute Gasteiger partial charge is 0.217 e. The zero-order valence-electron chi connectivity index (χ0n) is 5.92. The molecule has 0 saturated carbocycles. The van der Waals surface area contributed by atoms with Gasteiger partial charge in [-0.05, 0) is 0 Å². The van der Waals surface area contributed by atoms with Gasteiger partial charge in [-0.15, -0.1) is 0 Å². The second kappa shape index (κ2) is 2.13. The first-order valence-corrected chi connectivity index (χ1v) is 2.92. The molecule has 4 heteroatoms. The van der Waals surface area contributed by atoms with E-state index in [4.69, 9.17) is 10.2 Å². The molecule has 3 N–H and O–H groups in total. The van der Waals surface area contributed by atoms with Crippen LogP contribution in [0.15, 0.2) is 6.07 Å². The lowest BCUT2D eigenvalue weighted by molar-refractivity contribution is 0.388. The molecule has 4 nitrogen and oxygen atoms in total. The highest BCUT2D eigenvalue weighted by atomic mass is 16.3. The van der Waals surface area contributed by atoms with E-state index in [0.29, 0.717) is 5.69 Å². The van der Waals surface area contributed by atoms with E-state index >= 15 is 0 Å². The molecule has 0 saturated heterocycles. The van der Waals surface area contributed by atoms with Gasteiger partial charge in [0.15, 0.2) is 5.88 Å². The van der Waals surface area contributed by atoms with Crippen molar-refractivity contribution in [2.45, 2.75) is 0 Å². The van der Waals surface area contributed by atoms with Crippen molar-refractivity contribution in [1.82, 2.24) is 4.57 Å². The topological polar surface area (TPSA) is 57.4 Å². The van der Waals surface area contributed by atoms with Gasteiger partial charge in [0, 0.05) is 20.2 Å². The molecule has 1 rings (SSSR count). The second-order valence-electron chi connectivity index (χ2n) is 2.05. The van der Waals surface area contributed by atoms with Crippen LogP contribution in [0.4, 0.5) is 5.69 Å². The molecular weight excluding hydrogens is 132 g/mol. The molecular formula is C6H10N2O2. The lowest BCUT2D eigenvalue weighted by atomic mass is 10.5. The SMILES string of the molecule is CNc1cc(O)n(C)c1O. The van der Waals surface area contributed by atoms with E-state index < -0.39 is 0 Å². The van der Waals surface area contributed by atoms with Crippen LogP contribution in [0.1, 0.15) is 0 Å². The minimum absolute atomic E-state index is 0.0417. The summed E-state index contributed by atoms with van der Waals surface area (Å²) in [6.07, 6.45) is 0. The summed E-state index contributed by atoms with van der Waals surface area (Å²) in [6, 6.07) is 1.45. The van der Waals surface area contributed by atoms with Crippen molar-refractivity contribution in [3.05, 3.63) is 6.07 Å². The highest BCUT2D eigenvalue weighted by Crippen LogP contribution is 2.29. The zero-order chi connectivity index (χ0) is 7.72. The Kier molecular flexibility index (Phi) is 1.45. The molecule has 0 bridgehead atoms. The first-order valence-electron chi connectivity index (χ1n) is 2.92. The quantitative estimate of drug-likeness (QED) is 0.534. The number of hydrogen-bond acceptors (Lipinski definition) is 3. The van der Waals surface area contributed by atoms with Crippen LogP contribution in [0.5, 0.6) is 11.8 Å². The predicted molar refractivity (Wildman–Crippen MR) is 38.3 cm³/mol. The molecule has 0 fully saturated rings. The maximum Gasteiger partial charge on any atom is 0.217 e. The van der Waals surface area contributed by atoms with Gasteiger partial charge in [0.1, 0.15) is 5.69 Å². The zero-order valence-corrected chi connectivity index (χ0v) is 5.92. The van der Waals surface area contributed by atoms with Crippen molar-refractivity contribution in [3.63, 3.8) is 0 Å². The van der Waals surface area contributed by atoms with Crippen LogP contribution in [0.2, 0.25) is 0 Å². The van der Waals surface area contributed by atoms with Gasteiger partial charge in [-0.1, -0.05) is 0 Å². The van der Waals surface area contributed by atoms with Crippen LogP contribution in [0.3, 0.4) is 0 Å². The Balaban J connectivity index is 3.17. The molecule has 0 spiro atoms. The Morgan fingerprint density at radius 2 is 2.10 bits per heavy atom. The normalized spacial score (nSPS) is 9.80. The number of aromatic nitrogens is 1. The van der Waals surface area contributed by atoms with Gasteiger partial charge in [0.25, 0.3) is 0 Å². The van der Waals surface area contributed by atoms with Crippen LogP contribution in [-0.4, -0.2) is 21.8 Å². The van der Waals surface area contributed by atoms with Crippen LogP contribution in [0, 0.1) is 0 Å². The monoisotopic (exact) mass is 142 g/mol. The Bertz CT molecular complexity index is 242. The molecule has 1 aromatic heterocycles. The molecule has 10 heavy (non-hydrogen) atoms. The summed E-state index contributed by atoms with van der Waals surface area (Å²) >= 11 is 0. The van der Waals surface area contributed by atoms with Gasteiger partial charge in [0.2, 0.25) is 5.88 Å². The highest BCUT2D eigenvalue weighted by Gasteiger charge is 2.07. The summed E-state index contributed by atoms with van der Waals surface area (Å²) in [7, 11) is 3.25. The van der Waals surface area contributed by atoms with Crippen LogP contribution in [0.25, 0.3) is 0 Å². The van der Waals surface area contributed by atoms with E-state index in [9.17, 15) is 0 Å². The molecule has 0 aliphatic heterocycles. The number of anilines is 1. The average Bonchev–Trinajstić information content (AvgIpc) is 2.17. The lowest BCUT2D eigenvalue weighted by Gasteiger charge is -1.97. The third kappa shape index (κ3) is 0.775. The number of nitrogens with zero attached hydrogens (tertiary/aromatic N) is 1. The third-order valence-electron chi connectivity index (χ3n) is 1.45. The van der Waals surface area contributed by atoms with Crippen molar-refractivity contribution >= 4 is 5.69 Å². The molecule has 0 aliphatic carbocycles. The molecule has 0 aliphatic rings. The predicted octanol–water partition coefficient (Wildman–Crippen LogP) is 0.478. The lowest BCUT2D eigenvalue weighted by Crippen LogP contribution is -1.87. The Labute approximate surface area is 58.7 Å². The van der Waals surface area contributed by atoms with Crippen molar-refractivity contribution in [3.8, 4) is 11.8 Å². The maximum absolute atomic E-state index is 9.16. The summed E-state index contributed by atoms with van der Waals surface area (Å²) in [6.45, 7) is 0. The first kappa shape index (κ1) is 6.80. The number of nitrogens with one attached hydrogen (secondary N) is 1. The summed E-state index contributed by atoms with van der Waals surface area (Å²) in [5, 5.41) is 20.9. The molecule has 56 valence electrons. The van der Waals surface area contributed by atoms with Gasteiger partial charge >= 0.3 is 0 Å². The summed E-state index contributed by atoms with van der Waals surface area (Å²) in [4.78, 5) is 0. The number of rotatable bonds is 1. The molecule has 0 amide bonds. The van der Waals surface area contributed by atoms with Gasteiger partial charge in [-0.3, -0.25) is 4.57 Å². The largest absolute Gasteiger partial charge is 0.494 e. The third-order valence-corrected chi connectivity index (χ3v) is 1.45. The molecule has 0 unspecified atom stereocenters. The number of aromatic hydroxyl groups is 2. The molecule has 0 aromatic carbocycles. The Morgan fingerprint density at radius 3 is 2.30 bits per heavy atom. The molecule has 1 aromatic rings. The Hall–Kier alpha value is -1.32. The Morgan fingerprint density at radius 1 is 1.50 bits per heavy atom. The molecule has 0 radical (unpaired) electrons. The van der Waals surface area contributed by atoms with E-state index in [2.05, 4.69) is 5.32 Å². The van der Waals surface area contributed by atoms with Gasteiger partial charge in [-0.2, -0.15) is 0 Å². The summed E-state index contributed by atoms with van der Waals surface area (Å²) in [5.74, 6) is 0.0850. The first-order chi connectivity index (χ1) is 4.66. The van der Waals surface area contributed by atoms with Crippen LogP contribution >= 0.6 is 0 Å². The fourth-order valence-electron chi connectivity index (χ4n) is 0.764.